The third-order valence-electron chi connectivity index (χ3n) is 2.51. The first-order valence-electron chi connectivity index (χ1n) is 5.16. The molecule has 0 fully saturated rings. The SMILES string of the molecule is COc1ccc(F)cc1C(=O)c1scc(C)c1Cl. The molecule has 2 aromatic rings. The molecule has 0 amide bonds. The van der Waals surface area contributed by atoms with Gasteiger partial charge in [0.25, 0.3) is 0 Å². The van der Waals surface area contributed by atoms with Crippen LogP contribution in [-0.4, -0.2) is 12.9 Å². The Balaban J connectivity index is 2.52. The molecule has 1 aromatic carbocycles. The Bertz CT molecular complexity index is 607. The normalized spacial score (nSPS) is 10.4. The molecule has 0 unspecified atom stereocenters. The third kappa shape index (κ3) is 2.26. The van der Waals surface area contributed by atoms with Crippen LogP contribution in [0.2, 0.25) is 5.02 Å². The van der Waals surface area contributed by atoms with Gasteiger partial charge in [0.15, 0.2) is 0 Å². The molecule has 94 valence electrons. The number of hydrogen-bond acceptors (Lipinski definition) is 3. The number of hydrogen-bond donors (Lipinski definition) is 0. The molecule has 0 bridgehead atoms. The largest absolute Gasteiger partial charge is 0.496 e. The fourth-order valence-electron chi connectivity index (χ4n) is 1.56. The summed E-state index contributed by atoms with van der Waals surface area (Å²) in [7, 11) is 1.44. The van der Waals surface area contributed by atoms with Crippen LogP contribution in [0.1, 0.15) is 20.8 Å². The van der Waals surface area contributed by atoms with Crippen LogP contribution in [0.4, 0.5) is 4.39 Å². The lowest BCUT2D eigenvalue weighted by Gasteiger charge is -2.06. The van der Waals surface area contributed by atoms with Crippen molar-refractivity contribution in [2.45, 2.75) is 6.92 Å². The number of ether oxygens (including phenoxy) is 1. The van der Waals surface area contributed by atoms with Crippen LogP contribution in [0.15, 0.2) is 23.6 Å². The van der Waals surface area contributed by atoms with Crippen molar-refractivity contribution in [1.29, 1.82) is 0 Å². The molecule has 0 saturated carbocycles. The minimum Gasteiger partial charge on any atom is -0.496 e. The Kier molecular flexibility index (Phi) is 3.68. The highest BCUT2D eigenvalue weighted by atomic mass is 35.5. The zero-order valence-corrected chi connectivity index (χ0v) is 11.4. The quantitative estimate of drug-likeness (QED) is 0.794. The number of benzene rings is 1. The van der Waals surface area contributed by atoms with Crippen LogP contribution < -0.4 is 4.74 Å². The van der Waals surface area contributed by atoms with Crippen molar-refractivity contribution in [2.24, 2.45) is 0 Å². The van der Waals surface area contributed by atoms with Gasteiger partial charge in [-0.2, -0.15) is 0 Å². The van der Waals surface area contributed by atoms with E-state index in [0.717, 1.165) is 11.6 Å². The van der Waals surface area contributed by atoms with E-state index < -0.39 is 5.82 Å². The molecule has 0 aliphatic heterocycles. The molecule has 5 heteroatoms. The van der Waals surface area contributed by atoms with Gasteiger partial charge in [0, 0.05) is 0 Å². The first kappa shape index (κ1) is 13.1. The second kappa shape index (κ2) is 5.08. The molecule has 18 heavy (non-hydrogen) atoms. The summed E-state index contributed by atoms with van der Waals surface area (Å²) < 4.78 is 18.3. The van der Waals surface area contributed by atoms with Gasteiger partial charge in [-0.15, -0.1) is 11.3 Å². The van der Waals surface area contributed by atoms with E-state index in [9.17, 15) is 9.18 Å². The van der Waals surface area contributed by atoms with E-state index >= 15 is 0 Å². The molecule has 2 nitrogen and oxygen atoms in total. The Hall–Kier alpha value is -1.39. The summed E-state index contributed by atoms with van der Waals surface area (Å²) in [6, 6.07) is 3.83. The Morgan fingerprint density at radius 3 is 2.72 bits per heavy atom. The molecule has 1 aromatic heterocycles. The van der Waals surface area contributed by atoms with Crippen LogP contribution in [0.3, 0.4) is 0 Å². The molecule has 0 aliphatic carbocycles. The van der Waals surface area contributed by atoms with E-state index in [1.165, 1.54) is 30.6 Å². The van der Waals surface area contributed by atoms with Gasteiger partial charge in [0.2, 0.25) is 5.78 Å². The summed E-state index contributed by atoms with van der Waals surface area (Å²) in [5.41, 5.74) is 1.02. The number of methoxy groups -OCH3 is 1. The second-order valence-corrected chi connectivity index (χ2v) is 4.99. The molecule has 0 saturated heterocycles. The molecule has 0 N–H and O–H groups in total. The van der Waals surface area contributed by atoms with Crippen molar-refractivity contribution in [3.8, 4) is 5.75 Å². The lowest BCUT2D eigenvalue weighted by Crippen LogP contribution is -2.03. The first-order chi connectivity index (χ1) is 8.54. The fourth-order valence-corrected chi connectivity index (χ4v) is 2.80. The average molecular weight is 285 g/mol. The molecule has 0 aliphatic rings. The number of thiophene rings is 1. The number of aryl methyl sites for hydroxylation is 1. The summed E-state index contributed by atoms with van der Waals surface area (Å²) in [6.45, 7) is 1.82. The smallest absolute Gasteiger partial charge is 0.208 e. The van der Waals surface area contributed by atoms with Crippen LogP contribution >= 0.6 is 22.9 Å². The van der Waals surface area contributed by atoms with Gasteiger partial charge in [0.05, 0.1) is 22.6 Å². The number of halogens is 2. The zero-order chi connectivity index (χ0) is 13.3. The summed E-state index contributed by atoms with van der Waals surface area (Å²) in [6.07, 6.45) is 0. The minimum atomic E-state index is -0.483. The van der Waals surface area contributed by atoms with Crippen molar-refractivity contribution in [3.63, 3.8) is 0 Å². The fraction of sp³-hybridized carbons (Fsp3) is 0.154. The zero-order valence-electron chi connectivity index (χ0n) is 9.79. The van der Waals surface area contributed by atoms with E-state index in [0.29, 0.717) is 15.6 Å². The van der Waals surface area contributed by atoms with Gasteiger partial charge in [-0.05, 0) is 36.1 Å². The lowest BCUT2D eigenvalue weighted by molar-refractivity contribution is 0.103. The van der Waals surface area contributed by atoms with Crippen molar-refractivity contribution in [2.75, 3.05) is 7.11 Å². The molecular weight excluding hydrogens is 275 g/mol. The first-order valence-corrected chi connectivity index (χ1v) is 6.42. The average Bonchev–Trinajstić information content (AvgIpc) is 2.69. The van der Waals surface area contributed by atoms with Gasteiger partial charge in [0.1, 0.15) is 11.6 Å². The van der Waals surface area contributed by atoms with Crippen LogP contribution in [-0.2, 0) is 0 Å². The monoisotopic (exact) mass is 284 g/mol. The summed E-state index contributed by atoms with van der Waals surface area (Å²) in [4.78, 5) is 12.7. The highest BCUT2D eigenvalue weighted by molar-refractivity contribution is 7.13. The van der Waals surface area contributed by atoms with Gasteiger partial charge < -0.3 is 4.74 Å². The maximum absolute atomic E-state index is 13.2. The Labute approximate surface area is 113 Å². The second-order valence-electron chi connectivity index (χ2n) is 3.74. The topological polar surface area (TPSA) is 26.3 Å². The van der Waals surface area contributed by atoms with Gasteiger partial charge >= 0.3 is 0 Å². The van der Waals surface area contributed by atoms with E-state index in [1.54, 1.807) is 5.38 Å². The molecular formula is C13H10ClFO2S. The van der Waals surface area contributed by atoms with Crippen LogP contribution in [0.5, 0.6) is 5.75 Å². The van der Waals surface area contributed by atoms with Crippen LogP contribution in [0.25, 0.3) is 0 Å². The molecule has 2 rings (SSSR count). The summed E-state index contributed by atoms with van der Waals surface area (Å²) in [5, 5.41) is 2.21. The Morgan fingerprint density at radius 2 is 2.17 bits per heavy atom. The van der Waals surface area contributed by atoms with Crippen LogP contribution in [0, 0.1) is 12.7 Å². The van der Waals surface area contributed by atoms with Gasteiger partial charge in [-0.1, -0.05) is 11.6 Å². The van der Waals surface area contributed by atoms with Crippen molar-refractivity contribution < 1.29 is 13.9 Å². The van der Waals surface area contributed by atoms with E-state index in [2.05, 4.69) is 0 Å². The molecule has 0 spiro atoms. The maximum atomic E-state index is 13.2. The van der Waals surface area contributed by atoms with E-state index in [1.807, 2.05) is 6.92 Å². The molecule has 1 heterocycles. The highest BCUT2D eigenvalue weighted by Crippen LogP contribution is 2.32. The lowest BCUT2D eigenvalue weighted by atomic mass is 10.1. The standard InChI is InChI=1S/C13H10ClFO2S/c1-7-6-18-13(11(7)14)12(16)9-5-8(15)3-4-10(9)17-2/h3-6H,1-2H3. The highest BCUT2D eigenvalue weighted by Gasteiger charge is 2.20. The number of rotatable bonds is 3. The minimum absolute atomic E-state index is 0.182. The van der Waals surface area contributed by atoms with Crippen molar-refractivity contribution in [3.05, 3.63) is 50.4 Å². The van der Waals surface area contributed by atoms with Gasteiger partial charge in [-0.3, -0.25) is 4.79 Å². The predicted octanol–water partition coefficient (Wildman–Crippen LogP) is 4.09. The number of carbonyl (C=O) groups is 1. The van der Waals surface area contributed by atoms with Crippen molar-refractivity contribution >= 4 is 28.7 Å². The maximum Gasteiger partial charge on any atom is 0.208 e. The predicted molar refractivity (Wildman–Crippen MR) is 70.5 cm³/mol. The number of ketones is 1. The van der Waals surface area contributed by atoms with E-state index in [4.69, 9.17) is 16.3 Å². The molecule has 0 atom stereocenters. The van der Waals surface area contributed by atoms with Crippen molar-refractivity contribution in [1.82, 2.24) is 0 Å². The summed E-state index contributed by atoms with van der Waals surface area (Å²) >= 11 is 7.29. The van der Waals surface area contributed by atoms with E-state index in [-0.39, 0.29) is 11.3 Å². The molecule has 0 radical (unpaired) electrons. The number of carbonyl (C=O) groups excluding carboxylic acids is 1. The van der Waals surface area contributed by atoms with Gasteiger partial charge in [-0.25, -0.2) is 4.39 Å². The third-order valence-corrected chi connectivity index (χ3v) is 4.21. The Morgan fingerprint density at radius 1 is 1.44 bits per heavy atom. The summed E-state index contributed by atoms with van der Waals surface area (Å²) in [5.74, 6) is -0.471.